The van der Waals surface area contributed by atoms with Crippen LogP contribution in [-0.2, 0) is 27.3 Å². The van der Waals surface area contributed by atoms with Gasteiger partial charge in [0.05, 0.1) is 34.6 Å². The maximum absolute atomic E-state index is 12.4. The highest BCUT2D eigenvalue weighted by Gasteiger charge is 2.42. The second-order valence-electron chi connectivity index (χ2n) is 27.6. The Balaban J connectivity index is 0. The van der Waals surface area contributed by atoms with Crippen LogP contribution >= 0.6 is 0 Å². The summed E-state index contributed by atoms with van der Waals surface area (Å²) in [5.74, 6) is -1.28. The first-order valence-corrected chi connectivity index (χ1v) is 42.3. The lowest BCUT2D eigenvalue weighted by atomic mass is 9.93. The molecule has 0 radical (unpaired) electrons. The summed E-state index contributed by atoms with van der Waals surface area (Å²) in [6.07, 6.45) is 0.778. The van der Waals surface area contributed by atoms with Gasteiger partial charge >= 0.3 is 0 Å². The average molecular weight is 1640 g/mol. The summed E-state index contributed by atoms with van der Waals surface area (Å²) < 4.78 is 0. The summed E-state index contributed by atoms with van der Waals surface area (Å²) in [4.78, 5) is 138. The van der Waals surface area contributed by atoms with Crippen molar-refractivity contribution >= 4 is 86.5 Å². The van der Waals surface area contributed by atoms with E-state index in [1.807, 2.05) is 363 Å². The van der Waals surface area contributed by atoms with Crippen LogP contribution in [0, 0.1) is 0 Å². The van der Waals surface area contributed by atoms with Crippen molar-refractivity contribution < 1.29 is 52.7 Å². The molecule has 18 nitrogen and oxygen atoms in total. The number of rotatable bonds is 11. The molecule has 0 saturated carbocycles. The van der Waals surface area contributed by atoms with E-state index in [0.717, 1.165) is 50.3 Å². The number of carbonyl (C=O) groups excluding carboxylic acids is 11. The lowest BCUT2D eigenvalue weighted by molar-refractivity contribution is -0.140. The minimum atomic E-state index is -0.281. The molecule has 5 heterocycles. The van der Waals surface area contributed by atoms with Crippen LogP contribution in [-0.4, -0.2) is 132 Å². The highest BCUT2D eigenvalue weighted by Crippen LogP contribution is 2.34. The predicted octanol–water partition coefficient (Wildman–Crippen LogP) is 23.4. The topological polar surface area (TPSA) is 228 Å². The molecule has 1 unspecified atom stereocenters. The molecule has 1 fully saturated rings. The van der Waals surface area contributed by atoms with E-state index >= 15 is 0 Å². The van der Waals surface area contributed by atoms with E-state index in [9.17, 15) is 52.7 Å². The largest absolute Gasteiger partial charge is 0.354 e. The maximum atomic E-state index is 12.4. The Bertz CT molecular complexity index is 4510. The van der Waals surface area contributed by atoms with Gasteiger partial charge in [-0.1, -0.05) is 270 Å². The third-order valence-corrected chi connectivity index (χ3v) is 17.4. The zero-order valence-corrected chi connectivity index (χ0v) is 75.7. The van der Waals surface area contributed by atoms with Crippen molar-refractivity contribution in [3.63, 3.8) is 0 Å². The van der Waals surface area contributed by atoms with Crippen molar-refractivity contribution in [2.75, 3.05) is 0 Å². The normalized spacial score (nSPS) is 13.1. The van der Waals surface area contributed by atoms with E-state index in [-0.39, 0.29) is 122 Å². The summed E-state index contributed by atoms with van der Waals surface area (Å²) in [5, 5.41) is 9.37. The van der Waals surface area contributed by atoms with Gasteiger partial charge in [0.25, 0.3) is 47.3 Å². The number of fused-ring (bicyclic) bond motifs is 4. The molecule has 5 aliphatic heterocycles. The van der Waals surface area contributed by atoms with Crippen LogP contribution in [0.5, 0.6) is 0 Å². The number of nitrogens with one attached hydrogen (secondary N) is 2. The molecule has 14 rings (SSSR count). The first-order valence-electron chi connectivity index (χ1n) is 42.3. The zero-order valence-electron chi connectivity index (χ0n) is 75.7. The van der Waals surface area contributed by atoms with E-state index < -0.39 is 0 Å². The van der Waals surface area contributed by atoms with Crippen molar-refractivity contribution in [1.29, 1.82) is 0 Å². The smallest absolute Gasteiger partial charge is 0.261 e. The molecule has 5 aliphatic rings. The van der Waals surface area contributed by atoms with Crippen molar-refractivity contribution in [2.45, 2.75) is 276 Å². The van der Waals surface area contributed by atoms with E-state index in [0.29, 0.717) is 57.8 Å². The molecule has 9 aromatic carbocycles. The van der Waals surface area contributed by atoms with Crippen molar-refractivity contribution in [3.05, 3.63) is 274 Å². The Morgan fingerprint density at radius 1 is 0.333 bits per heavy atom. The summed E-state index contributed by atoms with van der Waals surface area (Å²) >= 11 is 0. The molecule has 9 aromatic rings. The Morgan fingerprint density at radius 2 is 0.658 bits per heavy atom. The number of hydrogen-bond donors (Lipinski definition) is 2. The van der Waals surface area contributed by atoms with Crippen LogP contribution in [0.4, 0.5) is 0 Å². The Morgan fingerprint density at radius 3 is 1.02 bits per heavy atom. The maximum Gasteiger partial charge on any atom is 0.261 e. The lowest BCUT2D eigenvalue weighted by Crippen LogP contribution is -2.44. The van der Waals surface area contributed by atoms with E-state index in [1.54, 1.807) is 48.5 Å². The van der Waals surface area contributed by atoms with Crippen molar-refractivity contribution in [2.24, 2.45) is 0 Å². The molecule has 0 bridgehead atoms. The van der Waals surface area contributed by atoms with Gasteiger partial charge in [-0.15, -0.1) is 0 Å². The van der Waals surface area contributed by atoms with E-state index in [2.05, 4.69) is 10.6 Å². The zero-order chi connectivity index (χ0) is 89.8. The highest BCUT2D eigenvalue weighted by atomic mass is 16.2. The summed E-state index contributed by atoms with van der Waals surface area (Å²) in [5.41, 5.74) is 8.05. The standard InChI is InChI=1S/2C15H13NO2.C13H15NO2.C11H11NO2.C11H13NO.C11H15NO.C10H13NO.7C2H6.2CH4/c1-9(2)16-14(17)11-7-3-5-10-6-4-8-12(13(10)11)15(16)18;1-9(2)16-14(17)12-7-10-5-3-4-6-11(10)8-13(12)15(16)18;1-9(2)14-12(15)8-11(13(14)16)10-6-4-3-5-7-10;1-7(2)12-10(13)8-5-3-4-6-9(8)11(12)14;1-8(2)12-7-9-5-3-4-6-10(9)11(12)13;1-9(2)12-11(13)8-10-6-4-3-5-7-10;1-8(2)11-10(12)9-6-4-3-5-7-9;7*1-2;;/h2*3-9H,1-2H3;3-7,9,11H,8H2,1-2H3;3-7H,1-2H3;3-6,8H,7H2,1-2H3;3-7,9H,8H2,1-2H3,(H,12,13);3-8H,1-2H3,(H,11,12);7*1-2H3;2*1H4. The summed E-state index contributed by atoms with van der Waals surface area (Å²) in [7, 11) is 0. The molecule has 0 spiro atoms. The van der Waals surface area contributed by atoms with Crippen LogP contribution in [0.25, 0.3) is 21.5 Å². The van der Waals surface area contributed by atoms with E-state index in [4.69, 9.17) is 0 Å². The molecule has 1 saturated heterocycles. The van der Waals surface area contributed by atoms with Crippen LogP contribution in [0.15, 0.2) is 212 Å². The van der Waals surface area contributed by atoms with Crippen LogP contribution < -0.4 is 10.6 Å². The van der Waals surface area contributed by atoms with E-state index in [1.165, 1.54) is 19.6 Å². The van der Waals surface area contributed by atoms with Gasteiger partial charge in [-0.3, -0.25) is 72.3 Å². The SMILES string of the molecule is C.C.CC.CC.CC.CC.CC.CC.CC.CC(C)N1C(=O)CC(c2ccccc2)C1=O.CC(C)N1C(=O)c2cc3ccccc3cc2C1=O.CC(C)N1C(=O)c2cccc3cccc(c23)C1=O.CC(C)N1C(=O)c2ccccc2C1=O.CC(C)N1Cc2ccccc2C1=O.CC(C)NC(=O)Cc1ccccc1.CC(C)NC(=O)c1ccccc1. The monoisotopic (exact) mass is 1640 g/mol. The fourth-order valence-electron chi connectivity index (χ4n) is 12.5. The van der Waals surface area contributed by atoms with Gasteiger partial charge in [0, 0.05) is 82.9 Å². The van der Waals surface area contributed by atoms with Gasteiger partial charge in [-0.05, 0) is 184 Å². The number of imide groups is 4. The van der Waals surface area contributed by atoms with Crippen molar-refractivity contribution in [3.8, 4) is 0 Å². The molecule has 0 aliphatic carbocycles. The number of benzene rings is 9. The number of likely N-dealkylation sites (tertiary alicyclic amines) is 1. The molecule has 18 heteroatoms. The first kappa shape index (κ1) is 111. The third kappa shape index (κ3) is 30.4. The van der Waals surface area contributed by atoms with Crippen LogP contribution in [0.1, 0.15) is 321 Å². The minimum absolute atomic E-state index is 0. The Labute approximate surface area is 720 Å². The number of carbonyl (C=O) groups is 11. The summed E-state index contributed by atoms with van der Waals surface area (Å²) in [6, 6.07) is 66.1. The fourth-order valence-corrected chi connectivity index (χ4v) is 12.5. The van der Waals surface area contributed by atoms with Gasteiger partial charge in [0.1, 0.15) is 0 Å². The molecule has 0 aromatic heterocycles. The van der Waals surface area contributed by atoms with Gasteiger partial charge < -0.3 is 15.5 Å². The number of amides is 11. The Hall–Kier alpha value is -11.5. The molecule has 1 atom stereocenters. The molecule has 120 heavy (non-hydrogen) atoms. The van der Waals surface area contributed by atoms with Crippen LogP contribution in [0.3, 0.4) is 0 Å². The molecule has 652 valence electrons. The average Bonchev–Trinajstić information content (AvgIpc) is 1.61. The molecular formula is C102H143N7O11. The number of nitrogens with zero attached hydrogens (tertiary/aromatic N) is 5. The number of hydrogen-bond acceptors (Lipinski definition) is 11. The lowest BCUT2D eigenvalue weighted by Gasteiger charge is -2.30. The second-order valence-corrected chi connectivity index (χ2v) is 27.6. The minimum Gasteiger partial charge on any atom is -0.354 e. The Kier molecular flexibility index (Phi) is 53.0. The predicted molar refractivity (Wildman–Crippen MR) is 499 cm³/mol. The van der Waals surface area contributed by atoms with Crippen molar-refractivity contribution in [1.82, 2.24) is 35.1 Å². The quantitative estimate of drug-likeness (QED) is 0.116. The molecule has 2 N–H and O–H groups in total. The van der Waals surface area contributed by atoms with Gasteiger partial charge in [0.2, 0.25) is 17.7 Å². The third-order valence-electron chi connectivity index (χ3n) is 17.4. The fraction of sp³-hybridized carbons (Fsp3) is 0.402. The first-order chi connectivity index (χ1) is 56.5. The van der Waals surface area contributed by atoms with Gasteiger partial charge in [-0.2, -0.15) is 0 Å². The highest BCUT2D eigenvalue weighted by molar-refractivity contribution is 6.26. The molecule has 11 amide bonds. The summed E-state index contributed by atoms with van der Waals surface area (Å²) in [6.45, 7) is 55.5. The van der Waals surface area contributed by atoms with Crippen LogP contribution in [0.2, 0.25) is 0 Å². The van der Waals surface area contributed by atoms with Gasteiger partial charge in [-0.25, -0.2) is 0 Å². The van der Waals surface area contributed by atoms with Gasteiger partial charge in [0.15, 0.2) is 0 Å². The molecular weight excluding hydrogens is 1500 g/mol. The second kappa shape index (κ2) is 57.6.